The van der Waals surface area contributed by atoms with E-state index in [0.29, 0.717) is 11.9 Å². The lowest BCUT2D eigenvalue weighted by Crippen LogP contribution is -2.41. The van der Waals surface area contributed by atoms with Crippen molar-refractivity contribution in [1.82, 2.24) is 19.8 Å². The third kappa shape index (κ3) is 6.69. The molecule has 0 bridgehead atoms. The molecule has 27 heavy (non-hydrogen) atoms. The Morgan fingerprint density at radius 1 is 1.19 bits per heavy atom. The number of carbonyl (C=O) groups is 1. The first kappa shape index (κ1) is 20.5. The van der Waals surface area contributed by atoms with Crippen LogP contribution in [0.1, 0.15) is 51.0 Å². The van der Waals surface area contributed by atoms with Crippen molar-refractivity contribution in [1.29, 1.82) is 0 Å². The molecule has 1 saturated carbocycles. The number of hydrogen-bond donors (Lipinski definition) is 3. The summed E-state index contributed by atoms with van der Waals surface area (Å²) in [7, 11) is -3.37. The van der Waals surface area contributed by atoms with Crippen molar-refractivity contribution in [2.75, 3.05) is 29.1 Å². The number of rotatable bonds is 7. The first-order valence-electron chi connectivity index (χ1n) is 9.69. The van der Waals surface area contributed by atoms with Crippen LogP contribution in [0.5, 0.6) is 0 Å². The van der Waals surface area contributed by atoms with Crippen LogP contribution in [0, 0.1) is 0 Å². The fraction of sp³-hybridized carbons (Fsp3) is 0.765. The van der Waals surface area contributed by atoms with E-state index in [9.17, 15) is 13.2 Å². The molecule has 8 nitrogen and oxygen atoms in total. The molecule has 3 rings (SSSR count). The van der Waals surface area contributed by atoms with E-state index in [2.05, 4.69) is 20.5 Å². The predicted octanol–water partition coefficient (Wildman–Crippen LogP) is 2.32. The lowest BCUT2D eigenvalue weighted by molar-refractivity contribution is 0.252. The molecule has 1 aliphatic carbocycles. The molecule has 1 saturated heterocycles. The van der Waals surface area contributed by atoms with Crippen LogP contribution in [0.2, 0.25) is 0 Å². The van der Waals surface area contributed by atoms with Gasteiger partial charge < -0.3 is 5.32 Å². The van der Waals surface area contributed by atoms with Gasteiger partial charge in [0.25, 0.3) is 0 Å². The average Bonchev–Trinajstić information content (AvgIpc) is 3.11. The second kappa shape index (κ2) is 9.79. The Morgan fingerprint density at radius 3 is 2.67 bits per heavy atom. The number of anilines is 1. The molecule has 1 aliphatic heterocycles. The van der Waals surface area contributed by atoms with E-state index in [0.717, 1.165) is 50.0 Å². The van der Waals surface area contributed by atoms with Crippen LogP contribution in [-0.2, 0) is 10.0 Å². The lowest BCUT2D eigenvalue weighted by Gasteiger charge is -2.22. The van der Waals surface area contributed by atoms with Crippen molar-refractivity contribution >= 4 is 33.6 Å². The van der Waals surface area contributed by atoms with E-state index in [1.165, 1.54) is 6.42 Å². The van der Waals surface area contributed by atoms with E-state index in [1.54, 1.807) is 6.07 Å². The standard InChI is InChI=1S/C17H29N5O3S2/c23-17(18-9-13-27(24,25)21-14-4-2-1-3-5-14)19-16-6-10-22(20-16)15-7-11-26-12-8-15/h6,10,14-15,21H,1-5,7-9,11-13H2,(H2,18,19,20,23). The third-order valence-electron chi connectivity index (χ3n) is 5.02. The monoisotopic (exact) mass is 415 g/mol. The molecule has 152 valence electrons. The molecule has 2 aliphatic rings. The Kier molecular flexibility index (Phi) is 7.42. The van der Waals surface area contributed by atoms with E-state index in [4.69, 9.17) is 0 Å². The molecule has 0 unspecified atom stereocenters. The summed E-state index contributed by atoms with van der Waals surface area (Å²) in [6, 6.07) is 1.76. The number of aromatic nitrogens is 2. The summed E-state index contributed by atoms with van der Waals surface area (Å²) in [6.45, 7) is 0.0639. The largest absolute Gasteiger partial charge is 0.337 e. The average molecular weight is 416 g/mol. The maximum Gasteiger partial charge on any atom is 0.320 e. The van der Waals surface area contributed by atoms with Crippen molar-refractivity contribution in [3.05, 3.63) is 12.3 Å². The molecule has 1 aromatic rings. The van der Waals surface area contributed by atoms with E-state index < -0.39 is 16.1 Å². The molecule has 0 spiro atoms. The third-order valence-corrected chi connectivity index (χ3v) is 7.51. The van der Waals surface area contributed by atoms with Crippen molar-refractivity contribution in [3.63, 3.8) is 0 Å². The van der Waals surface area contributed by atoms with Gasteiger partial charge in [-0.05, 0) is 37.2 Å². The number of nitrogens with one attached hydrogen (secondary N) is 3. The second-order valence-electron chi connectivity index (χ2n) is 7.18. The van der Waals surface area contributed by atoms with Crippen LogP contribution in [0.15, 0.2) is 12.3 Å². The van der Waals surface area contributed by atoms with E-state index in [1.807, 2.05) is 22.6 Å². The number of thioether (sulfide) groups is 1. The summed E-state index contributed by atoms with van der Waals surface area (Å²) >= 11 is 1.96. The van der Waals surface area contributed by atoms with Crippen molar-refractivity contribution in [3.8, 4) is 0 Å². The molecule has 2 heterocycles. The van der Waals surface area contributed by atoms with Gasteiger partial charge in [-0.1, -0.05) is 19.3 Å². The van der Waals surface area contributed by atoms with Gasteiger partial charge in [-0.3, -0.25) is 10.00 Å². The maximum atomic E-state index is 12.1. The zero-order valence-electron chi connectivity index (χ0n) is 15.5. The highest BCUT2D eigenvalue weighted by molar-refractivity contribution is 7.99. The topological polar surface area (TPSA) is 105 Å². The van der Waals surface area contributed by atoms with Crippen molar-refractivity contribution in [2.45, 2.75) is 57.0 Å². The lowest BCUT2D eigenvalue weighted by atomic mass is 9.96. The Bertz CT molecular complexity index is 710. The first-order chi connectivity index (χ1) is 13.0. The van der Waals surface area contributed by atoms with Gasteiger partial charge in [-0.25, -0.2) is 17.9 Å². The Labute approximate surface area is 165 Å². The number of sulfonamides is 1. The minimum atomic E-state index is -3.37. The molecule has 1 aromatic heterocycles. The van der Waals surface area contributed by atoms with Gasteiger partial charge in [0.05, 0.1) is 11.8 Å². The van der Waals surface area contributed by atoms with Gasteiger partial charge in [0.15, 0.2) is 5.82 Å². The zero-order chi connectivity index (χ0) is 19.1. The molecular weight excluding hydrogens is 386 g/mol. The minimum Gasteiger partial charge on any atom is -0.337 e. The minimum absolute atomic E-state index is 0.0414. The van der Waals surface area contributed by atoms with Gasteiger partial charge >= 0.3 is 6.03 Å². The summed E-state index contributed by atoms with van der Waals surface area (Å²) in [5, 5.41) is 9.67. The highest BCUT2D eigenvalue weighted by Crippen LogP contribution is 2.26. The quantitative estimate of drug-likeness (QED) is 0.634. The fourth-order valence-electron chi connectivity index (χ4n) is 3.55. The predicted molar refractivity (Wildman–Crippen MR) is 109 cm³/mol. The Balaban J connectivity index is 1.38. The summed E-state index contributed by atoms with van der Waals surface area (Å²) in [6.07, 6.45) is 9.17. The number of hydrogen-bond acceptors (Lipinski definition) is 5. The fourth-order valence-corrected chi connectivity index (χ4v) is 5.86. The van der Waals surface area contributed by atoms with Crippen LogP contribution in [0.3, 0.4) is 0 Å². The summed E-state index contributed by atoms with van der Waals surface area (Å²) in [5.74, 6) is 2.63. The van der Waals surface area contributed by atoms with Gasteiger partial charge in [-0.2, -0.15) is 16.9 Å². The van der Waals surface area contributed by atoms with Crippen LogP contribution < -0.4 is 15.4 Å². The van der Waals surface area contributed by atoms with Crippen molar-refractivity contribution in [2.24, 2.45) is 0 Å². The molecule has 10 heteroatoms. The molecule has 2 fully saturated rings. The molecule has 0 atom stereocenters. The number of nitrogens with zero attached hydrogens (tertiary/aromatic N) is 2. The summed E-state index contributed by atoms with van der Waals surface area (Å²) in [4.78, 5) is 12.0. The van der Waals surface area contributed by atoms with E-state index in [-0.39, 0.29) is 18.3 Å². The van der Waals surface area contributed by atoms with Gasteiger partial charge in [-0.15, -0.1) is 0 Å². The van der Waals surface area contributed by atoms with Crippen LogP contribution in [0.4, 0.5) is 10.6 Å². The molecule has 2 amide bonds. The first-order valence-corrected chi connectivity index (χ1v) is 12.5. The van der Waals surface area contributed by atoms with E-state index >= 15 is 0 Å². The number of urea groups is 1. The smallest absolute Gasteiger partial charge is 0.320 e. The maximum absolute atomic E-state index is 12.1. The molecule has 3 N–H and O–H groups in total. The Morgan fingerprint density at radius 2 is 1.93 bits per heavy atom. The molecule has 0 radical (unpaired) electrons. The molecular formula is C17H29N5O3S2. The number of carbonyl (C=O) groups excluding carboxylic acids is 1. The van der Waals surface area contributed by atoms with Gasteiger partial charge in [0, 0.05) is 24.8 Å². The van der Waals surface area contributed by atoms with Crippen molar-refractivity contribution < 1.29 is 13.2 Å². The normalized spacial score (nSPS) is 19.7. The molecule has 0 aromatic carbocycles. The van der Waals surface area contributed by atoms with Crippen LogP contribution >= 0.6 is 11.8 Å². The zero-order valence-corrected chi connectivity index (χ0v) is 17.2. The highest BCUT2D eigenvalue weighted by Gasteiger charge is 2.20. The highest BCUT2D eigenvalue weighted by atomic mass is 32.2. The van der Waals surface area contributed by atoms with Crippen LogP contribution in [-0.4, -0.2) is 54.1 Å². The number of amides is 2. The SMILES string of the molecule is O=C(NCCS(=O)(=O)NC1CCCCC1)Nc1ccn(C2CCSCC2)n1. The van der Waals surface area contributed by atoms with Gasteiger partial charge in [0.1, 0.15) is 0 Å². The summed E-state index contributed by atoms with van der Waals surface area (Å²) in [5.41, 5.74) is 0. The summed E-state index contributed by atoms with van der Waals surface area (Å²) < 4.78 is 28.9. The van der Waals surface area contributed by atoms with Gasteiger partial charge in [0.2, 0.25) is 10.0 Å². The second-order valence-corrected chi connectivity index (χ2v) is 10.3. The van der Waals surface area contributed by atoms with Crippen LogP contribution in [0.25, 0.3) is 0 Å². The Hall–Kier alpha value is -1.26.